The molecule has 11 heavy (non-hydrogen) atoms. The Bertz CT molecular complexity index is 118. The summed E-state index contributed by atoms with van der Waals surface area (Å²) in [7, 11) is 2.21. The maximum absolute atomic E-state index is 3.52. The first-order valence-corrected chi connectivity index (χ1v) is 4.50. The van der Waals surface area contributed by atoms with Crippen LogP contribution < -0.4 is 5.32 Å². The summed E-state index contributed by atoms with van der Waals surface area (Å²) in [5, 5.41) is 3.52. The van der Waals surface area contributed by atoms with Gasteiger partial charge in [0.15, 0.2) is 0 Å². The number of rotatable bonds is 0. The third-order valence-corrected chi connectivity index (χ3v) is 3.16. The van der Waals surface area contributed by atoms with E-state index in [4.69, 9.17) is 0 Å². The van der Waals surface area contributed by atoms with E-state index in [1.165, 1.54) is 13.0 Å². The molecular weight excluding hydrogens is 136 g/mol. The minimum atomic E-state index is 0.302. The molecule has 0 aromatic rings. The molecule has 1 rings (SSSR count). The highest BCUT2D eigenvalue weighted by Gasteiger charge is 2.31. The predicted octanol–water partition coefficient (Wildman–Crippen LogP) is 1.08. The highest BCUT2D eigenvalue weighted by molar-refractivity contribution is 4.91. The van der Waals surface area contributed by atoms with Crippen LogP contribution in [-0.2, 0) is 0 Å². The lowest BCUT2D eigenvalue weighted by molar-refractivity contribution is 0.136. The van der Waals surface area contributed by atoms with Crippen LogP contribution in [0, 0.1) is 0 Å². The van der Waals surface area contributed by atoms with Crippen LogP contribution in [0.25, 0.3) is 0 Å². The van der Waals surface area contributed by atoms with E-state index in [1.54, 1.807) is 0 Å². The van der Waals surface area contributed by atoms with Crippen LogP contribution >= 0.6 is 0 Å². The van der Waals surface area contributed by atoms with Gasteiger partial charge in [0, 0.05) is 11.6 Å². The van der Waals surface area contributed by atoms with E-state index in [2.05, 4.69) is 38.0 Å². The molecule has 0 saturated carbocycles. The third-order valence-electron chi connectivity index (χ3n) is 3.16. The number of likely N-dealkylation sites (N-methyl/N-ethyl adjacent to an activating group) is 1. The van der Waals surface area contributed by atoms with Gasteiger partial charge in [0.05, 0.1) is 0 Å². The van der Waals surface area contributed by atoms with Gasteiger partial charge < -0.3 is 5.32 Å². The van der Waals surface area contributed by atoms with Crippen molar-refractivity contribution in [2.24, 2.45) is 0 Å². The number of nitrogens with one attached hydrogen (secondary N) is 1. The SMILES string of the molecule is CC1NCCCN(C)C1(C)C. The fourth-order valence-electron chi connectivity index (χ4n) is 1.50. The molecule has 0 spiro atoms. The molecule has 66 valence electrons. The van der Waals surface area contributed by atoms with Crippen molar-refractivity contribution in [3.63, 3.8) is 0 Å². The molecule has 2 nitrogen and oxygen atoms in total. The van der Waals surface area contributed by atoms with Crippen LogP contribution in [0.5, 0.6) is 0 Å². The molecule has 1 unspecified atom stereocenters. The van der Waals surface area contributed by atoms with Crippen molar-refractivity contribution in [3.8, 4) is 0 Å². The van der Waals surface area contributed by atoms with E-state index >= 15 is 0 Å². The molecule has 2 heteroatoms. The average Bonchev–Trinajstić information content (AvgIpc) is 2.03. The van der Waals surface area contributed by atoms with Gasteiger partial charge in [0.1, 0.15) is 0 Å². The monoisotopic (exact) mass is 156 g/mol. The zero-order valence-electron chi connectivity index (χ0n) is 8.15. The van der Waals surface area contributed by atoms with Gasteiger partial charge in [-0.15, -0.1) is 0 Å². The van der Waals surface area contributed by atoms with E-state index < -0.39 is 0 Å². The Morgan fingerprint density at radius 3 is 2.73 bits per heavy atom. The van der Waals surface area contributed by atoms with E-state index in [-0.39, 0.29) is 0 Å². The summed E-state index contributed by atoms with van der Waals surface area (Å²) in [5.74, 6) is 0. The van der Waals surface area contributed by atoms with Gasteiger partial charge >= 0.3 is 0 Å². The highest BCUT2D eigenvalue weighted by atomic mass is 15.2. The maximum Gasteiger partial charge on any atom is 0.0300 e. The molecule has 0 radical (unpaired) electrons. The number of nitrogens with zero attached hydrogens (tertiary/aromatic N) is 1. The Hall–Kier alpha value is -0.0800. The van der Waals surface area contributed by atoms with Gasteiger partial charge in [-0.05, 0) is 47.3 Å². The Morgan fingerprint density at radius 2 is 2.09 bits per heavy atom. The fraction of sp³-hybridized carbons (Fsp3) is 1.00. The lowest BCUT2D eigenvalue weighted by atomic mass is 9.95. The summed E-state index contributed by atoms with van der Waals surface area (Å²) >= 11 is 0. The fourth-order valence-corrected chi connectivity index (χ4v) is 1.50. The Morgan fingerprint density at radius 1 is 1.45 bits per heavy atom. The first kappa shape index (κ1) is 9.01. The van der Waals surface area contributed by atoms with Crippen molar-refractivity contribution in [1.29, 1.82) is 0 Å². The average molecular weight is 156 g/mol. The summed E-state index contributed by atoms with van der Waals surface area (Å²) in [5.41, 5.74) is 0.302. The quantitative estimate of drug-likeness (QED) is 0.564. The molecule has 1 atom stereocenters. The molecule has 1 aliphatic heterocycles. The normalized spacial score (nSPS) is 33.3. The van der Waals surface area contributed by atoms with Crippen LogP contribution in [0.1, 0.15) is 27.2 Å². The summed E-state index contributed by atoms with van der Waals surface area (Å²) in [6, 6.07) is 0.593. The maximum atomic E-state index is 3.52. The van der Waals surface area contributed by atoms with Crippen molar-refractivity contribution >= 4 is 0 Å². The molecule has 0 aromatic heterocycles. The largest absolute Gasteiger partial charge is 0.312 e. The summed E-state index contributed by atoms with van der Waals surface area (Å²) in [4.78, 5) is 2.44. The van der Waals surface area contributed by atoms with Crippen LogP contribution in [-0.4, -0.2) is 36.6 Å². The van der Waals surface area contributed by atoms with Crippen molar-refractivity contribution in [1.82, 2.24) is 10.2 Å². The molecule has 1 N–H and O–H groups in total. The summed E-state index contributed by atoms with van der Waals surface area (Å²) < 4.78 is 0. The first-order valence-electron chi connectivity index (χ1n) is 4.50. The van der Waals surface area contributed by atoms with Crippen molar-refractivity contribution in [3.05, 3.63) is 0 Å². The minimum Gasteiger partial charge on any atom is -0.312 e. The topological polar surface area (TPSA) is 15.3 Å². The van der Waals surface area contributed by atoms with Crippen LogP contribution in [0.4, 0.5) is 0 Å². The van der Waals surface area contributed by atoms with E-state index in [1.807, 2.05) is 0 Å². The summed E-state index contributed by atoms with van der Waals surface area (Å²) in [6.45, 7) is 9.24. The lowest BCUT2D eigenvalue weighted by Gasteiger charge is -2.38. The van der Waals surface area contributed by atoms with Crippen LogP contribution in [0.15, 0.2) is 0 Å². The van der Waals surface area contributed by atoms with Crippen molar-refractivity contribution in [2.45, 2.75) is 38.8 Å². The Labute approximate surface area is 70.0 Å². The Balaban J connectivity index is 2.67. The van der Waals surface area contributed by atoms with Gasteiger partial charge in [-0.25, -0.2) is 0 Å². The molecular formula is C9H20N2. The standard InChI is InChI=1S/C9H20N2/c1-8-9(2,3)11(4)7-5-6-10-8/h8,10H,5-7H2,1-4H3. The van der Waals surface area contributed by atoms with Crippen molar-refractivity contribution in [2.75, 3.05) is 20.1 Å². The minimum absolute atomic E-state index is 0.302. The first-order chi connectivity index (χ1) is 5.05. The second-order valence-electron chi connectivity index (χ2n) is 4.10. The number of hydrogen-bond acceptors (Lipinski definition) is 2. The molecule has 0 aromatic carbocycles. The number of hydrogen-bond donors (Lipinski definition) is 1. The molecule has 0 bridgehead atoms. The zero-order valence-corrected chi connectivity index (χ0v) is 8.15. The second kappa shape index (κ2) is 3.11. The Kier molecular flexibility index (Phi) is 2.55. The molecule has 0 amide bonds. The van der Waals surface area contributed by atoms with Gasteiger partial charge in [-0.1, -0.05) is 0 Å². The highest BCUT2D eigenvalue weighted by Crippen LogP contribution is 2.19. The van der Waals surface area contributed by atoms with Crippen LogP contribution in [0.3, 0.4) is 0 Å². The molecule has 1 saturated heterocycles. The summed E-state index contributed by atoms with van der Waals surface area (Å²) in [6.07, 6.45) is 1.27. The molecule has 1 fully saturated rings. The lowest BCUT2D eigenvalue weighted by Crippen LogP contribution is -2.52. The predicted molar refractivity (Wildman–Crippen MR) is 48.8 cm³/mol. The third kappa shape index (κ3) is 1.74. The van der Waals surface area contributed by atoms with Crippen LogP contribution in [0.2, 0.25) is 0 Å². The zero-order chi connectivity index (χ0) is 8.48. The second-order valence-corrected chi connectivity index (χ2v) is 4.10. The van der Waals surface area contributed by atoms with E-state index in [0.29, 0.717) is 11.6 Å². The molecule has 1 heterocycles. The van der Waals surface area contributed by atoms with Gasteiger partial charge in [-0.2, -0.15) is 0 Å². The molecule has 0 aliphatic carbocycles. The molecule has 1 aliphatic rings. The van der Waals surface area contributed by atoms with Gasteiger partial charge in [0.2, 0.25) is 0 Å². The van der Waals surface area contributed by atoms with E-state index in [0.717, 1.165) is 6.54 Å². The van der Waals surface area contributed by atoms with Gasteiger partial charge in [0.25, 0.3) is 0 Å². The van der Waals surface area contributed by atoms with E-state index in [9.17, 15) is 0 Å². The van der Waals surface area contributed by atoms with Crippen molar-refractivity contribution < 1.29 is 0 Å². The smallest absolute Gasteiger partial charge is 0.0300 e. The van der Waals surface area contributed by atoms with Gasteiger partial charge in [-0.3, -0.25) is 4.90 Å².